The van der Waals surface area contributed by atoms with Crippen LogP contribution in [0.1, 0.15) is 50.0 Å². The molecule has 3 aliphatic rings. The molecule has 0 radical (unpaired) electrons. The van der Waals surface area contributed by atoms with Crippen molar-refractivity contribution in [2.75, 3.05) is 20.3 Å². The Morgan fingerprint density at radius 1 is 0.967 bits per heavy atom. The Bertz CT molecular complexity index is 1060. The quantitative estimate of drug-likeness (QED) is 0.765. The fourth-order valence-corrected chi connectivity index (χ4v) is 5.58. The molecular weight excluding hydrogens is 376 g/mol. The molecule has 5 rings (SSSR count). The largest absolute Gasteiger partial charge is 0.383 e. The number of fused-ring (bicyclic) bond motifs is 1. The number of ketones is 2. The lowest BCUT2D eigenvalue weighted by Gasteiger charge is -2.43. The molecule has 156 valence electrons. The van der Waals surface area contributed by atoms with Crippen molar-refractivity contribution >= 4 is 22.5 Å². The molecule has 0 N–H and O–H groups in total. The van der Waals surface area contributed by atoms with Crippen LogP contribution < -0.4 is 0 Å². The molecule has 5 nitrogen and oxygen atoms in total. The van der Waals surface area contributed by atoms with Gasteiger partial charge in [0.1, 0.15) is 0 Å². The summed E-state index contributed by atoms with van der Waals surface area (Å²) < 4.78 is 7.48. The number of para-hydroxylation sites is 1. The lowest BCUT2D eigenvalue weighted by Crippen LogP contribution is -2.40. The standard InChI is InChI=1S/C25H28N2O3/c1-26-15-17(16-7-3-4-8-18(16)26)23-24-19(9-5-11-21(24)28)27(13-14-30-2)20-10-6-12-22(29)25(20)23/h3-4,7-8,15,23H,5-6,9-14H2,1-2H3. The monoisotopic (exact) mass is 404 g/mol. The summed E-state index contributed by atoms with van der Waals surface area (Å²) in [5.41, 5.74) is 6.16. The first-order valence-electron chi connectivity index (χ1n) is 10.9. The van der Waals surface area contributed by atoms with Gasteiger partial charge in [-0.25, -0.2) is 0 Å². The number of aromatic nitrogens is 1. The summed E-state index contributed by atoms with van der Waals surface area (Å²) in [5.74, 6) is 0.142. The Balaban J connectivity index is 1.78. The smallest absolute Gasteiger partial charge is 0.161 e. The summed E-state index contributed by atoms with van der Waals surface area (Å²) in [6.07, 6.45) is 6.77. The van der Waals surface area contributed by atoms with Gasteiger partial charge in [-0.05, 0) is 37.3 Å². The minimum Gasteiger partial charge on any atom is -0.383 e. The van der Waals surface area contributed by atoms with E-state index in [1.807, 2.05) is 19.2 Å². The Morgan fingerprint density at radius 2 is 1.60 bits per heavy atom. The molecule has 0 saturated carbocycles. The lowest BCUT2D eigenvalue weighted by molar-refractivity contribution is -0.117. The molecule has 5 heteroatoms. The van der Waals surface area contributed by atoms with E-state index >= 15 is 0 Å². The third-order valence-corrected chi connectivity index (χ3v) is 6.84. The number of hydrogen-bond acceptors (Lipinski definition) is 4. The van der Waals surface area contributed by atoms with Gasteiger partial charge in [-0.1, -0.05) is 18.2 Å². The maximum Gasteiger partial charge on any atom is 0.161 e. The molecule has 0 saturated heterocycles. The molecule has 2 heterocycles. The number of allylic oxidation sites excluding steroid dienone is 4. The molecule has 0 unspecified atom stereocenters. The molecule has 0 fully saturated rings. The molecule has 2 aromatic rings. The highest BCUT2D eigenvalue weighted by Crippen LogP contribution is 2.50. The molecule has 0 amide bonds. The Hall–Kier alpha value is -2.66. The van der Waals surface area contributed by atoms with Crippen molar-refractivity contribution in [3.05, 3.63) is 58.6 Å². The number of carbonyl (C=O) groups excluding carboxylic acids is 2. The number of methoxy groups -OCH3 is 1. The molecule has 1 aromatic heterocycles. The van der Waals surface area contributed by atoms with Crippen LogP contribution in [0.3, 0.4) is 0 Å². The number of carbonyl (C=O) groups is 2. The second-order valence-corrected chi connectivity index (χ2v) is 8.56. The molecule has 2 aliphatic carbocycles. The first kappa shape index (κ1) is 19.3. The van der Waals surface area contributed by atoms with Crippen LogP contribution in [0.5, 0.6) is 0 Å². The van der Waals surface area contributed by atoms with E-state index in [1.54, 1.807) is 7.11 Å². The van der Waals surface area contributed by atoms with E-state index in [1.165, 1.54) is 0 Å². The summed E-state index contributed by atoms with van der Waals surface area (Å²) in [6, 6.07) is 8.29. The van der Waals surface area contributed by atoms with Crippen molar-refractivity contribution in [3.63, 3.8) is 0 Å². The fraction of sp³-hybridized carbons (Fsp3) is 0.440. The summed E-state index contributed by atoms with van der Waals surface area (Å²) >= 11 is 0. The van der Waals surface area contributed by atoms with Crippen molar-refractivity contribution in [2.45, 2.75) is 44.4 Å². The molecule has 0 spiro atoms. The Morgan fingerprint density at radius 3 is 2.23 bits per heavy atom. The Kier molecular flexibility index (Phi) is 4.86. The zero-order valence-electron chi connectivity index (χ0n) is 17.7. The molecule has 0 bridgehead atoms. The molecule has 30 heavy (non-hydrogen) atoms. The van der Waals surface area contributed by atoms with E-state index in [0.717, 1.165) is 64.7 Å². The van der Waals surface area contributed by atoms with Crippen molar-refractivity contribution < 1.29 is 14.3 Å². The predicted octanol–water partition coefficient (Wildman–Crippen LogP) is 4.24. The van der Waals surface area contributed by atoms with Gasteiger partial charge in [0.15, 0.2) is 11.6 Å². The molecule has 1 aliphatic heterocycles. The third-order valence-electron chi connectivity index (χ3n) is 6.84. The highest BCUT2D eigenvalue weighted by molar-refractivity contribution is 6.07. The normalized spacial score (nSPS) is 20.3. The van der Waals surface area contributed by atoms with Crippen LogP contribution in [0.15, 0.2) is 53.0 Å². The van der Waals surface area contributed by atoms with Crippen molar-refractivity contribution in [3.8, 4) is 0 Å². The summed E-state index contributed by atoms with van der Waals surface area (Å²) in [6.45, 7) is 1.27. The van der Waals surface area contributed by atoms with E-state index in [9.17, 15) is 9.59 Å². The second-order valence-electron chi connectivity index (χ2n) is 8.56. The van der Waals surface area contributed by atoms with E-state index in [-0.39, 0.29) is 17.5 Å². The van der Waals surface area contributed by atoms with Crippen molar-refractivity contribution in [2.24, 2.45) is 7.05 Å². The summed E-state index contributed by atoms with van der Waals surface area (Å²) in [4.78, 5) is 28.9. The predicted molar refractivity (Wildman–Crippen MR) is 116 cm³/mol. The first-order valence-corrected chi connectivity index (χ1v) is 10.9. The molecule has 1 aromatic carbocycles. The average molecular weight is 405 g/mol. The van der Waals surface area contributed by atoms with Gasteiger partial charge in [0, 0.05) is 79.1 Å². The fourth-order valence-electron chi connectivity index (χ4n) is 5.58. The number of rotatable bonds is 4. The zero-order chi connectivity index (χ0) is 20.8. The van der Waals surface area contributed by atoms with Gasteiger partial charge in [0.05, 0.1) is 6.61 Å². The van der Waals surface area contributed by atoms with Gasteiger partial charge in [-0.2, -0.15) is 0 Å². The minimum absolute atomic E-state index is 0.196. The zero-order valence-corrected chi connectivity index (χ0v) is 17.7. The summed E-state index contributed by atoms with van der Waals surface area (Å²) in [5, 5.41) is 1.13. The van der Waals surface area contributed by atoms with Crippen LogP contribution >= 0.6 is 0 Å². The van der Waals surface area contributed by atoms with E-state index in [4.69, 9.17) is 4.74 Å². The van der Waals surface area contributed by atoms with Crippen LogP contribution in [-0.4, -0.2) is 41.3 Å². The van der Waals surface area contributed by atoms with Crippen molar-refractivity contribution in [1.82, 2.24) is 9.47 Å². The first-order chi connectivity index (χ1) is 14.6. The maximum atomic E-state index is 13.3. The maximum absolute atomic E-state index is 13.3. The lowest BCUT2D eigenvalue weighted by atomic mass is 9.71. The molecule has 0 atom stereocenters. The van der Waals surface area contributed by atoms with E-state index in [2.05, 4.69) is 27.8 Å². The number of hydrogen-bond donors (Lipinski definition) is 0. The highest BCUT2D eigenvalue weighted by Gasteiger charge is 2.43. The van der Waals surface area contributed by atoms with E-state index < -0.39 is 0 Å². The number of nitrogens with zero attached hydrogens (tertiary/aromatic N) is 2. The average Bonchev–Trinajstić information content (AvgIpc) is 3.08. The van der Waals surface area contributed by atoms with Gasteiger partial charge in [-0.3, -0.25) is 9.59 Å². The van der Waals surface area contributed by atoms with Gasteiger partial charge >= 0.3 is 0 Å². The summed E-state index contributed by atoms with van der Waals surface area (Å²) in [7, 11) is 3.74. The van der Waals surface area contributed by atoms with Crippen molar-refractivity contribution in [1.29, 1.82) is 0 Å². The Labute approximate surface area is 177 Å². The number of Topliss-reactive ketones (excluding diaryl/α,β-unsaturated/α-hetero) is 2. The second kappa shape index (κ2) is 7.55. The van der Waals surface area contributed by atoms with Crippen LogP contribution in [0, 0.1) is 0 Å². The third kappa shape index (κ3) is 2.87. The SMILES string of the molecule is COCCN1C2=C(C(=O)CCC2)C(c2cn(C)c3ccccc23)C2=C1CCCC2=O. The minimum atomic E-state index is -0.250. The van der Waals surface area contributed by atoms with Gasteiger partial charge in [-0.15, -0.1) is 0 Å². The number of benzene rings is 1. The molecular formula is C25H28N2O3. The van der Waals surface area contributed by atoms with Crippen LogP contribution in [0.25, 0.3) is 10.9 Å². The van der Waals surface area contributed by atoms with Gasteiger partial charge in [0.2, 0.25) is 0 Å². The topological polar surface area (TPSA) is 51.5 Å². The van der Waals surface area contributed by atoms with E-state index in [0.29, 0.717) is 26.0 Å². The van der Waals surface area contributed by atoms with Gasteiger partial charge in [0.25, 0.3) is 0 Å². The van der Waals surface area contributed by atoms with Crippen LogP contribution in [0.4, 0.5) is 0 Å². The highest BCUT2D eigenvalue weighted by atomic mass is 16.5. The van der Waals surface area contributed by atoms with Gasteiger partial charge < -0.3 is 14.2 Å². The van der Waals surface area contributed by atoms with Crippen LogP contribution in [-0.2, 0) is 21.4 Å². The number of aryl methyl sites for hydroxylation is 1. The van der Waals surface area contributed by atoms with Crippen LogP contribution in [0.2, 0.25) is 0 Å². The number of ether oxygens (including phenoxy) is 1.